The lowest BCUT2D eigenvalue weighted by molar-refractivity contribution is 0.0695. The lowest BCUT2D eigenvalue weighted by Crippen LogP contribution is -2.32. The van der Waals surface area contributed by atoms with Crippen molar-refractivity contribution in [1.82, 2.24) is 0 Å². The van der Waals surface area contributed by atoms with Crippen molar-refractivity contribution in [3.8, 4) is 6.07 Å². The Bertz CT molecular complexity index is 417. The topological polar surface area (TPSA) is 56.5 Å². The second kappa shape index (κ2) is 6.45. The minimum atomic E-state index is -0.572. The van der Waals surface area contributed by atoms with Crippen LogP contribution in [0.4, 0.5) is 5.69 Å². The maximum absolute atomic E-state index is 9.61. The highest BCUT2D eigenvalue weighted by Crippen LogP contribution is 2.25. The first-order chi connectivity index (χ1) is 8.08. The quantitative estimate of drug-likeness (QED) is 0.868. The Balaban J connectivity index is 2.76. The van der Waals surface area contributed by atoms with Crippen LogP contribution in [0.15, 0.2) is 18.2 Å². The number of rotatable bonds is 5. The molecule has 0 aliphatic carbocycles. The van der Waals surface area contributed by atoms with Crippen molar-refractivity contribution in [3.05, 3.63) is 28.8 Å². The SMILES string of the molecule is COCC(O)CN(C)c1ccc(C#N)cc1Cl. The van der Waals surface area contributed by atoms with Gasteiger partial charge in [0.05, 0.1) is 35.1 Å². The Morgan fingerprint density at radius 3 is 2.82 bits per heavy atom. The molecule has 0 radical (unpaired) electrons. The molecule has 1 rings (SSSR count). The van der Waals surface area contributed by atoms with Gasteiger partial charge in [-0.15, -0.1) is 0 Å². The number of likely N-dealkylation sites (N-methyl/N-ethyl adjacent to an activating group) is 1. The second-order valence-electron chi connectivity index (χ2n) is 3.77. The Kier molecular flexibility index (Phi) is 5.23. The van der Waals surface area contributed by atoms with Crippen LogP contribution in [0.5, 0.6) is 0 Å². The third kappa shape index (κ3) is 3.90. The van der Waals surface area contributed by atoms with Gasteiger partial charge in [-0.25, -0.2) is 0 Å². The molecular weight excluding hydrogens is 240 g/mol. The van der Waals surface area contributed by atoms with Gasteiger partial charge in [0.1, 0.15) is 0 Å². The van der Waals surface area contributed by atoms with E-state index in [1.54, 1.807) is 18.2 Å². The highest BCUT2D eigenvalue weighted by molar-refractivity contribution is 6.33. The van der Waals surface area contributed by atoms with Crippen molar-refractivity contribution in [2.75, 3.05) is 32.2 Å². The molecule has 1 unspecified atom stereocenters. The summed E-state index contributed by atoms with van der Waals surface area (Å²) >= 11 is 6.06. The summed E-state index contributed by atoms with van der Waals surface area (Å²) in [6.07, 6.45) is -0.572. The fourth-order valence-electron chi connectivity index (χ4n) is 1.55. The molecule has 0 spiro atoms. The molecule has 0 aliphatic rings. The van der Waals surface area contributed by atoms with Crippen LogP contribution in [-0.2, 0) is 4.74 Å². The molecule has 0 bridgehead atoms. The normalized spacial score (nSPS) is 11.9. The fraction of sp³-hybridized carbons (Fsp3) is 0.417. The van der Waals surface area contributed by atoms with E-state index in [9.17, 15) is 5.11 Å². The number of halogens is 1. The summed E-state index contributed by atoms with van der Waals surface area (Å²) in [4.78, 5) is 1.83. The molecule has 92 valence electrons. The number of anilines is 1. The number of hydrogen-bond acceptors (Lipinski definition) is 4. The van der Waals surface area contributed by atoms with E-state index in [1.807, 2.05) is 18.0 Å². The molecule has 17 heavy (non-hydrogen) atoms. The first-order valence-corrected chi connectivity index (χ1v) is 5.54. The van der Waals surface area contributed by atoms with Crippen molar-refractivity contribution in [2.24, 2.45) is 0 Å². The van der Waals surface area contributed by atoms with Gasteiger partial charge in [0.2, 0.25) is 0 Å². The molecule has 1 aromatic rings. The maximum atomic E-state index is 9.61. The summed E-state index contributed by atoms with van der Waals surface area (Å²) < 4.78 is 4.85. The number of nitriles is 1. The highest BCUT2D eigenvalue weighted by Gasteiger charge is 2.11. The van der Waals surface area contributed by atoms with Crippen molar-refractivity contribution in [2.45, 2.75) is 6.10 Å². The zero-order valence-electron chi connectivity index (χ0n) is 9.85. The summed E-state index contributed by atoms with van der Waals surface area (Å²) in [6.45, 7) is 0.692. The second-order valence-corrected chi connectivity index (χ2v) is 4.17. The molecule has 0 amide bonds. The number of aliphatic hydroxyl groups is 1. The van der Waals surface area contributed by atoms with E-state index in [-0.39, 0.29) is 6.61 Å². The molecular formula is C12H15ClN2O2. The first kappa shape index (κ1) is 13.8. The molecule has 4 nitrogen and oxygen atoms in total. The van der Waals surface area contributed by atoms with Gasteiger partial charge < -0.3 is 14.7 Å². The lowest BCUT2D eigenvalue weighted by atomic mass is 10.2. The Hall–Kier alpha value is -1.28. The summed E-state index contributed by atoms with van der Waals surface area (Å²) in [5.41, 5.74) is 1.30. The monoisotopic (exact) mass is 254 g/mol. The van der Waals surface area contributed by atoms with E-state index in [4.69, 9.17) is 21.6 Å². The van der Waals surface area contributed by atoms with Gasteiger partial charge in [-0.2, -0.15) is 5.26 Å². The summed E-state index contributed by atoms with van der Waals surface area (Å²) in [7, 11) is 3.37. The first-order valence-electron chi connectivity index (χ1n) is 5.16. The Morgan fingerprint density at radius 2 is 2.29 bits per heavy atom. The molecule has 1 aromatic carbocycles. The van der Waals surface area contributed by atoms with Crippen LogP contribution >= 0.6 is 11.6 Å². The van der Waals surface area contributed by atoms with Crippen molar-refractivity contribution >= 4 is 17.3 Å². The average molecular weight is 255 g/mol. The standard InChI is InChI=1S/C12H15ClN2O2/c1-15(7-10(16)8-17-2)12-4-3-9(6-14)5-11(12)13/h3-5,10,16H,7-8H2,1-2H3. The largest absolute Gasteiger partial charge is 0.389 e. The number of hydrogen-bond donors (Lipinski definition) is 1. The lowest BCUT2D eigenvalue weighted by Gasteiger charge is -2.23. The molecule has 5 heteroatoms. The van der Waals surface area contributed by atoms with E-state index in [1.165, 1.54) is 7.11 Å². The van der Waals surface area contributed by atoms with Gasteiger partial charge >= 0.3 is 0 Å². The molecule has 0 saturated heterocycles. The van der Waals surface area contributed by atoms with E-state index in [2.05, 4.69) is 0 Å². The third-order valence-electron chi connectivity index (χ3n) is 2.33. The van der Waals surface area contributed by atoms with Gasteiger partial charge in [-0.3, -0.25) is 0 Å². The predicted octanol–water partition coefficient (Wildman–Crippen LogP) is 1.66. The number of ether oxygens (including phenoxy) is 1. The fourth-order valence-corrected chi connectivity index (χ4v) is 1.87. The highest BCUT2D eigenvalue weighted by atomic mass is 35.5. The number of nitrogens with zero attached hydrogens (tertiary/aromatic N) is 2. The molecule has 0 aliphatic heterocycles. The predicted molar refractivity (Wildman–Crippen MR) is 67.3 cm³/mol. The van der Waals surface area contributed by atoms with Crippen LogP contribution in [0.2, 0.25) is 5.02 Å². The zero-order valence-corrected chi connectivity index (χ0v) is 10.6. The Morgan fingerprint density at radius 1 is 1.59 bits per heavy atom. The van der Waals surface area contributed by atoms with Crippen LogP contribution in [0.3, 0.4) is 0 Å². The molecule has 1 atom stereocenters. The average Bonchev–Trinajstić information content (AvgIpc) is 2.28. The number of aliphatic hydroxyl groups excluding tert-OH is 1. The van der Waals surface area contributed by atoms with Crippen LogP contribution in [-0.4, -0.2) is 38.5 Å². The summed E-state index contributed by atoms with van der Waals surface area (Å²) in [5, 5.41) is 18.8. The van der Waals surface area contributed by atoms with Crippen LogP contribution < -0.4 is 4.90 Å². The third-order valence-corrected chi connectivity index (χ3v) is 2.63. The summed E-state index contributed by atoms with van der Waals surface area (Å²) in [5.74, 6) is 0. The smallest absolute Gasteiger partial charge is 0.0992 e. The van der Waals surface area contributed by atoms with Crippen molar-refractivity contribution < 1.29 is 9.84 Å². The Labute approximate surface area is 106 Å². The van der Waals surface area contributed by atoms with Crippen LogP contribution in [0.25, 0.3) is 0 Å². The molecule has 0 saturated carbocycles. The van der Waals surface area contributed by atoms with Gasteiger partial charge in [0, 0.05) is 20.7 Å². The van der Waals surface area contributed by atoms with Crippen LogP contribution in [0.1, 0.15) is 5.56 Å². The number of methoxy groups -OCH3 is 1. The van der Waals surface area contributed by atoms with Gasteiger partial charge in [0.15, 0.2) is 0 Å². The maximum Gasteiger partial charge on any atom is 0.0992 e. The van der Waals surface area contributed by atoms with Crippen LogP contribution in [0, 0.1) is 11.3 Å². The minimum absolute atomic E-state index is 0.276. The van der Waals surface area contributed by atoms with E-state index in [0.29, 0.717) is 17.1 Å². The zero-order chi connectivity index (χ0) is 12.8. The van der Waals surface area contributed by atoms with Crippen molar-refractivity contribution in [3.63, 3.8) is 0 Å². The van der Waals surface area contributed by atoms with Gasteiger partial charge in [-0.05, 0) is 18.2 Å². The molecule has 0 heterocycles. The molecule has 0 fully saturated rings. The molecule has 0 aromatic heterocycles. The number of benzene rings is 1. The van der Waals surface area contributed by atoms with E-state index >= 15 is 0 Å². The van der Waals surface area contributed by atoms with Gasteiger partial charge in [0.25, 0.3) is 0 Å². The van der Waals surface area contributed by atoms with E-state index < -0.39 is 6.10 Å². The van der Waals surface area contributed by atoms with Gasteiger partial charge in [-0.1, -0.05) is 11.6 Å². The summed E-state index contributed by atoms with van der Waals surface area (Å²) in [6, 6.07) is 7.09. The van der Waals surface area contributed by atoms with E-state index in [0.717, 1.165) is 5.69 Å². The minimum Gasteiger partial charge on any atom is -0.389 e. The van der Waals surface area contributed by atoms with Crippen molar-refractivity contribution in [1.29, 1.82) is 5.26 Å². The molecule has 1 N–H and O–H groups in total.